The van der Waals surface area contributed by atoms with Gasteiger partial charge in [-0.25, -0.2) is 4.98 Å². The van der Waals surface area contributed by atoms with Gasteiger partial charge in [-0.2, -0.15) is 0 Å². The molecule has 3 aromatic heterocycles. The molecule has 0 radical (unpaired) electrons. The molecule has 9 heteroatoms. The Balaban J connectivity index is 1.41. The van der Waals surface area contributed by atoms with Crippen LogP contribution in [0.5, 0.6) is 11.5 Å². The molecule has 0 amide bonds. The summed E-state index contributed by atoms with van der Waals surface area (Å²) in [6.07, 6.45) is 5.15. The molecule has 8 nitrogen and oxygen atoms in total. The molecule has 2 aromatic carbocycles. The van der Waals surface area contributed by atoms with Crippen molar-refractivity contribution in [1.82, 2.24) is 24.7 Å². The molecular formula is C25H21N5O3S. The van der Waals surface area contributed by atoms with Crippen LogP contribution >= 0.6 is 11.8 Å². The van der Waals surface area contributed by atoms with Gasteiger partial charge in [0.2, 0.25) is 5.89 Å². The molecule has 3 heterocycles. The number of rotatable bonds is 8. The molecule has 0 bridgehead atoms. The van der Waals surface area contributed by atoms with E-state index in [0.717, 1.165) is 45.0 Å². The Labute approximate surface area is 200 Å². The Kier molecular flexibility index (Phi) is 6.26. The van der Waals surface area contributed by atoms with Crippen LogP contribution in [-0.2, 0) is 5.75 Å². The van der Waals surface area contributed by atoms with Gasteiger partial charge in [-0.15, -0.1) is 10.2 Å². The molecule has 5 rings (SSSR count). The fourth-order valence-corrected chi connectivity index (χ4v) is 4.22. The van der Waals surface area contributed by atoms with Crippen LogP contribution in [0.3, 0.4) is 0 Å². The van der Waals surface area contributed by atoms with E-state index in [1.54, 1.807) is 32.9 Å². The zero-order chi connectivity index (χ0) is 23.3. The molecule has 34 heavy (non-hydrogen) atoms. The SMILES string of the molecule is COc1ccc(-c2nc(CSc3nnc(-c4ccncc4)n3-c3ccc(OC)cc3)co2)cc1. The summed E-state index contributed by atoms with van der Waals surface area (Å²) in [5, 5.41) is 9.67. The first-order valence-corrected chi connectivity index (χ1v) is 11.5. The lowest BCUT2D eigenvalue weighted by molar-refractivity contribution is 0.414. The first kappa shape index (κ1) is 21.7. The standard InChI is InChI=1S/C25H21N5O3S/c1-31-21-7-3-18(4-8-21)24-27-19(15-33-24)16-34-25-29-28-23(17-11-13-26-14-12-17)30(25)20-5-9-22(32-2)10-6-20/h3-15H,16H2,1-2H3. The van der Waals surface area contributed by atoms with Crippen LogP contribution in [-0.4, -0.2) is 39.0 Å². The van der Waals surface area contributed by atoms with Crippen LogP contribution in [0.1, 0.15) is 5.69 Å². The van der Waals surface area contributed by atoms with Gasteiger partial charge in [-0.05, 0) is 60.7 Å². The lowest BCUT2D eigenvalue weighted by Gasteiger charge is -2.10. The van der Waals surface area contributed by atoms with E-state index in [4.69, 9.17) is 13.9 Å². The van der Waals surface area contributed by atoms with E-state index >= 15 is 0 Å². The average molecular weight is 472 g/mol. The maximum Gasteiger partial charge on any atom is 0.226 e. The minimum absolute atomic E-state index is 0.562. The summed E-state index contributed by atoms with van der Waals surface area (Å²) >= 11 is 1.54. The van der Waals surface area contributed by atoms with Gasteiger partial charge in [0, 0.05) is 35.0 Å². The van der Waals surface area contributed by atoms with Crippen molar-refractivity contribution in [2.75, 3.05) is 14.2 Å². The largest absolute Gasteiger partial charge is 0.497 e. The quantitative estimate of drug-likeness (QED) is 0.282. The molecule has 0 aliphatic heterocycles. The highest BCUT2D eigenvalue weighted by Crippen LogP contribution is 2.31. The third kappa shape index (κ3) is 4.51. The Hall–Kier alpha value is -4.11. The molecule has 0 atom stereocenters. The highest BCUT2D eigenvalue weighted by Gasteiger charge is 2.17. The van der Waals surface area contributed by atoms with Crippen molar-refractivity contribution in [3.05, 3.63) is 85.0 Å². The summed E-state index contributed by atoms with van der Waals surface area (Å²) < 4.78 is 18.2. The molecular weight excluding hydrogens is 450 g/mol. The zero-order valence-corrected chi connectivity index (χ0v) is 19.4. The number of thioether (sulfide) groups is 1. The van der Waals surface area contributed by atoms with Crippen LogP contribution in [0, 0.1) is 0 Å². The molecule has 0 fully saturated rings. The van der Waals surface area contributed by atoms with Crippen molar-refractivity contribution in [1.29, 1.82) is 0 Å². The number of ether oxygens (including phenoxy) is 2. The van der Waals surface area contributed by atoms with Crippen LogP contribution in [0.25, 0.3) is 28.5 Å². The number of nitrogens with zero attached hydrogens (tertiary/aromatic N) is 5. The second-order valence-corrected chi connectivity index (χ2v) is 8.18. The molecule has 0 N–H and O–H groups in total. The molecule has 0 saturated heterocycles. The summed E-state index contributed by atoms with van der Waals surface area (Å²) in [6, 6.07) is 19.2. The third-order valence-corrected chi connectivity index (χ3v) is 6.10. The third-order valence-electron chi connectivity index (χ3n) is 5.14. The van der Waals surface area contributed by atoms with Gasteiger partial charge < -0.3 is 13.9 Å². The second-order valence-electron chi connectivity index (χ2n) is 7.24. The van der Waals surface area contributed by atoms with Gasteiger partial charge in [0.15, 0.2) is 11.0 Å². The maximum absolute atomic E-state index is 5.70. The van der Waals surface area contributed by atoms with Crippen LogP contribution in [0.4, 0.5) is 0 Å². The maximum atomic E-state index is 5.70. The van der Waals surface area contributed by atoms with Gasteiger partial charge in [0.05, 0.1) is 19.9 Å². The normalized spacial score (nSPS) is 10.9. The van der Waals surface area contributed by atoms with Crippen molar-refractivity contribution in [3.63, 3.8) is 0 Å². The fourth-order valence-electron chi connectivity index (χ4n) is 3.39. The number of hydrogen-bond acceptors (Lipinski definition) is 8. The highest BCUT2D eigenvalue weighted by atomic mass is 32.2. The van der Waals surface area contributed by atoms with Crippen LogP contribution in [0.2, 0.25) is 0 Å². The van der Waals surface area contributed by atoms with Gasteiger partial charge in [0.1, 0.15) is 17.8 Å². The summed E-state index contributed by atoms with van der Waals surface area (Å²) in [4.78, 5) is 8.74. The number of pyridine rings is 1. The number of methoxy groups -OCH3 is 2. The summed E-state index contributed by atoms with van der Waals surface area (Å²) in [6.45, 7) is 0. The smallest absolute Gasteiger partial charge is 0.226 e. The summed E-state index contributed by atoms with van der Waals surface area (Å²) in [5.41, 5.74) is 3.55. The van der Waals surface area contributed by atoms with Crippen LogP contribution in [0.15, 0.2) is 88.9 Å². The zero-order valence-electron chi connectivity index (χ0n) is 18.6. The van der Waals surface area contributed by atoms with Gasteiger partial charge in [-0.1, -0.05) is 11.8 Å². The molecule has 0 unspecified atom stereocenters. The molecule has 0 aliphatic carbocycles. The molecule has 0 spiro atoms. The Morgan fingerprint density at radius 1 is 0.824 bits per heavy atom. The fraction of sp³-hybridized carbons (Fsp3) is 0.120. The van der Waals surface area contributed by atoms with E-state index in [2.05, 4.69) is 20.2 Å². The van der Waals surface area contributed by atoms with Crippen molar-refractivity contribution >= 4 is 11.8 Å². The average Bonchev–Trinajstić information content (AvgIpc) is 3.55. The van der Waals surface area contributed by atoms with E-state index < -0.39 is 0 Å². The van der Waals surface area contributed by atoms with E-state index in [0.29, 0.717) is 11.6 Å². The van der Waals surface area contributed by atoms with Gasteiger partial charge in [0.25, 0.3) is 0 Å². The van der Waals surface area contributed by atoms with Crippen molar-refractivity contribution in [2.45, 2.75) is 10.9 Å². The van der Waals surface area contributed by atoms with E-state index in [9.17, 15) is 0 Å². The van der Waals surface area contributed by atoms with E-state index in [1.165, 1.54) is 11.8 Å². The predicted molar refractivity (Wildman–Crippen MR) is 129 cm³/mol. The first-order chi connectivity index (χ1) is 16.7. The summed E-state index contributed by atoms with van der Waals surface area (Å²) in [7, 11) is 3.29. The Morgan fingerprint density at radius 2 is 1.50 bits per heavy atom. The lowest BCUT2D eigenvalue weighted by Crippen LogP contribution is -2.00. The topological polar surface area (TPSA) is 88.1 Å². The van der Waals surface area contributed by atoms with Gasteiger partial charge in [-0.3, -0.25) is 9.55 Å². The predicted octanol–water partition coefficient (Wildman–Crippen LogP) is 5.29. The molecule has 5 aromatic rings. The highest BCUT2D eigenvalue weighted by molar-refractivity contribution is 7.98. The first-order valence-electron chi connectivity index (χ1n) is 10.5. The number of aromatic nitrogens is 5. The second kappa shape index (κ2) is 9.80. The van der Waals surface area contributed by atoms with E-state index in [1.807, 2.05) is 65.2 Å². The van der Waals surface area contributed by atoms with Crippen LogP contribution < -0.4 is 9.47 Å². The van der Waals surface area contributed by atoms with Crippen molar-refractivity contribution < 1.29 is 13.9 Å². The van der Waals surface area contributed by atoms with E-state index in [-0.39, 0.29) is 0 Å². The minimum Gasteiger partial charge on any atom is -0.497 e. The molecule has 170 valence electrons. The number of hydrogen-bond donors (Lipinski definition) is 0. The number of benzene rings is 2. The Morgan fingerprint density at radius 3 is 2.18 bits per heavy atom. The monoisotopic (exact) mass is 471 g/mol. The minimum atomic E-state index is 0.562. The molecule has 0 aliphatic rings. The van der Waals surface area contributed by atoms with Gasteiger partial charge >= 0.3 is 0 Å². The Bertz CT molecular complexity index is 1370. The number of oxazole rings is 1. The van der Waals surface area contributed by atoms with Crippen molar-refractivity contribution in [3.8, 4) is 40.0 Å². The summed E-state index contributed by atoms with van der Waals surface area (Å²) in [5.74, 6) is 3.44. The van der Waals surface area contributed by atoms with Crippen molar-refractivity contribution in [2.24, 2.45) is 0 Å². The molecule has 0 saturated carbocycles. The lowest BCUT2D eigenvalue weighted by atomic mass is 10.2.